The molecule has 0 radical (unpaired) electrons. The molecule has 6 nitrogen and oxygen atoms in total. The second kappa shape index (κ2) is 5.18. The molecule has 0 aliphatic carbocycles. The van der Waals surface area contributed by atoms with Gasteiger partial charge >= 0.3 is 0 Å². The van der Waals surface area contributed by atoms with Crippen LogP contribution in [0.2, 0.25) is 0 Å². The van der Waals surface area contributed by atoms with Crippen molar-refractivity contribution in [3.05, 3.63) is 0 Å². The quantitative estimate of drug-likeness (QED) is 0.280. The van der Waals surface area contributed by atoms with Gasteiger partial charge in [-0.05, 0) is 0 Å². The summed E-state index contributed by atoms with van der Waals surface area (Å²) in [5.74, 6) is 0. The summed E-state index contributed by atoms with van der Waals surface area (Å²) in [5.41, 5.74) is 5.17. The molecule has 4 atom stereocenters. The van der Waals surface area contributed by atoms with Crippen LogP contribution in [0, 0.1) is 0 Å². The second-order valence-electron chi connectivity index (χ2n) is 2.44. The molecule has 0 aliphatic heterocycles. The largest absolute Gasteiger partial charge is 0.394 e. The van der Waals surface area contributed by atoms with Crippen LogP contribution in [-0.4, -0.2) is 57.7 Å². The molecular weight excluding hydrogens is 166 g/mol. The van der Waals surface area contributed by atoms with Crippen molar-refractivity contribution >= 4 is 6.29 Å². The third-order valence-corrected chi connectivity index (χ3v) is 1.52. The Morgan fingerprint density at radius 3 is 2.17 bits per heavy atom. The van der Waals surface area contributed by atoms with Gasteiger partial charge in [0.2, 0.25) is 0 Å². The van der Waals surface area contributed by atoms with E-state index in [1.165, 1.54) is 0 Å². The van der Waals surface area contributed by atoms with Crippen molar-refractivity contribution in [3.8, 4) is 0 Å². The summed E-state index contributed by atoms with van der Waals surface area (Å²) >= 11 is 0. The number of aliphatic hydroxyl groups excluding tert-OH is 4. The van der Waals surface area contributed by atoms with E-state index >= 15 is 0 Å². The van der Waals surface area contributed by atoms with Crippen molar-refractivity contribution in [2.45, 2.75) is 24.4 Å². The third kappa shape index (κ3) is 2.84. The molecule has 0 aromatic heterocycles. The number of hydrogen-bond donors (Lipinski definition) is 5. The van der Waals surface area contributed by atoms with Gasteiger partial charge in [0, 0.05) is 0 Å². The van der Waals surface area contributed by atoms with E-state index < -0.39 is 31.0 Å². The number of aldehydes is 1. The van der Waals surface area contributed by atoms with Crippen LogP contribution in [0.4, 0.5) is 0 Å². The highest BCUT2D eigenvalue weighted by Gasteiger charge is 2.27. The molecule has 0 aliphatic rings. The lowest BCUT2D eigenvalue weighted by Gasteiger charge is -2.23. The summed E-state index contributed by atoms with van der Waals surface area (Å²) in [6.45, 7) is -0.635. The fourth-order valence-corrected chi connectivity index (χ4v) is 0.658. The van der Waals surface area contributed by atoms with Crippen molar-refractivity contribution in [2.75, 3.05) is 6.61 Å². The van der Waals surface area contributed by atoms with Crippen LogP contribution in [0.3, 0.4) is 0 Å². The first kappa shape index (κ1) is 11.5. The predicted octanol–water partition coefficient (Wildman–Crippen LogP) is -3.41. The van der Waals surface area contributed by atoms with Crippen LogP contribution in [0.25, 0.3) is 0 Å². The first-order chi connectivity index (χ1) is 5.54. The van der Waals surface area contributed by atoms with E-state index in [-0.39, 0.29) is 6.29 Å². The number of hydrogen-bond acceptors (Lipinski definition) is 6. The van der Waals surface area contributed by atoms with Crippen LogP contribution in [0.15, 0.2) is 0 Å². The Balaban J connectivity index is 4.07. The normalized spacial score (nSPS) is 21.1. The number of rotatable bonds is 5. The van der Waals surface area contributed by atoms with Gasteiger partial charge in [0.05, 0.1) is 18.8 Å². The molecule has 0 rings (SSSR count). The van der Waals surface area contributed by atoms with Gasteiger partial charge in [0.1, 0.15) is 12.2 Å². The zero-order valence-corrected chi connectivity index (χ0v) is 6.37. The summed E-state index contributed by atoms with van der Waals surface area (Å²) in [4.78, 5) is 9.95. The molecule has 0 bridgehead atoms. The molecule has 0 spiro atoms. The lowest BCUT2D eigenvalue weighted by Crippen LogP contribution is -2.51. The van der Waals surface area contributed by atoms with Crippen LogP contribution in [0.1, 0.15) is 0 Å². The summed E-state index contributed by atoms with van der Waals surface area (Å²) in [5, 5.41) is 35.0. The maximum Gasteiger partial charge on any atom is 0.151 e. The highest BCUT2D eigenvalue weighted by atomic mass is 16.3. The Kier molecular flexibility index (Phi) is 4.95. The van der Waals surface area contributed by atoms with Crippen LogP contribution in [-0.2, 0) is 4.79 Å². The van der Waals surface area contributed by atoms with Crippen molar-refractivity contribution in [3.63, 3.8) is 0 Å². The average Bonchev–Trinajstić information content (AvgIpc) is 2.12. The molecule has 0 unspecified atom stereocenters. The summed E-state index contributed by atoms with van der Waals surface area (Å²) in [7, 11) is 0. The Hall–Kier alpha value is -0.530. The molecule has 6 N–H and O–H groups in total. The molecule has 6 heteroatoms. The minimum Gasteiger partial charge on any atom is -0.394 e. The molecule has 0 aromatic rings. The summed E-state index contributed by atoms with van der Waals surface area (Å²) in [6, 6.07) is -1.24. The Labute approximate surface area is 69.2 Å². The highest BCUT2D eigenvalue weighted by molar-refractivity contribution is 5.56. The molecule has 0 aromatic carbocycles. The highest BCUT2D eigenvalue weighted by Crippen LogP contribution is 2.00. The van der Waals surface area contributed by atoms with Gasteiger partial charge in [0.15, 0.2) is 6.29 Å². The fraction of sp³-hybridized carbons (Fsp3) is 0.833. The van der Waals surface area contributed by atoms with Gasteiger partial charge < -0.3 is 31.0 Å². The van der Waals surface area contributed by atoms with E-state index in [1.54, 1.807) is 0 Å². The van der Waals surface area contributed by atoms with Gasteiger partial charge in [-0.2, -0.15) is 0 Å². The SMILES string of the molecule is N[C@@H]([C@H](O)[C@H](O)C=O)[C@H](O)CO. The topological polar surface area (TPSA) is 124 Å². The smallest absolute Gasteiger partial charge is 0.151 e. The minimum absolute atomic E-state index is 0.106. The van der Waals surface area contributed by atoms with E-state index in [0.29, 0.717) is 0 Å². The first-order valence-electron chi connectivity index (χ1n) is 3.40. The molecule has 0 heterocycles. The van der Waals surface area contributed by atoms with E-state index in [0.717, 1.165) is 0 Å². The van der Waals surface area contributed by atoms with E-state index in [4.69, 9.17) is 26.2 Å². The first-order valence-corrected chi connectivity index (χ1v) is 3.40. The van der Waals surface area contributed by atoms with Crippen LogP contribution in [0.5, 0.6) is 0 Å². The second-order valence-corrected chi connectivity index (χ2v) is 2.44. The van der Waals surface area contributed by atoms with Gasteiger partial charge in [-0.25, -0.2) is 0 Å². The molecule has 0 saturated carbocycles. The van der Waals surface area contributed by atoms with E-state index in [2.05, 4.69) is 0 Å². The van der Waals surface area contributed by atoms with Crippen molar-refractivity contribution < 1.29 is 25.2 Å². The predicted molar refractivity (Wildman–Crippen MR) is 39.1 cm³/mol. The maximum absolute atomic E-state index is 9.95. The standard InChI is InChI=1S/C6H13NO5/c7-5(3(10)1-8)6(12)4(11)2-9/h2-6,8,10-12H,1,7H2/t3-,4-,5-,6-/m1/s1. The maximum atomic E-state index is 9.95. The molecule has 0 fully saturated rings. The van der Waals surface area contributed by atoms with E-state index in [1.807, 2.05) is 0 Å². The van der Waals surface area contributed by atoms with Gasteiger partial charge in [-0.1, -0.05) is 0 Å². The third-order valence-electron chi connectivity index (χ3n) is 1.52. The van der Waals surface area contributed by atoms with E-state index in [9.17, 15) is 4.79 Å². The van der Waals surface area contributed by atoms with Gasteiger partial charge in [-0.3, -0.25) is 0 Å². The molecule has 0 amide bonds. The molecular formula is C6H13NO5. The zero-order valence-electron chi connectivity index (χ0n) is 6.37. The monoisotopic (exact) mass is 179 g/mol. The minimum atomic E-state index is -1.64. The number of aliphatic hydroxyl groups is 4. The van der Waals surface area contributed by atoms with Crippen molar-refractivity contribution in [2.24, 2.45) is 5.73 Å². The Bertz CT molecular complexity index is 142. The van der Waals surface area contributed by atoms with Crippen molar-refractivity contribution in [1.29, 1.82) is 0 Å². The molecule has 0 saturated heterocycles. The Morgan fingerprint density at radius 1 is 1.33 bits per heavy atom. The summed E-state index contributed by atoms with van der Waals surface area (Å²) < 4.78 is 0. The van der Waals surface area contributed by atoms with Crippen LogP contribution < -0.4 is 5.73 Å². The van der Waals surface area contributed by atoms with Gasteiger partial charge in [-0.15, -0.1) is 0 Å². The average molecular weight is 179 g/mol. The lowest BCUT2D eigenvalue weighted by atomic mass is 10.0. The van der Waals surface area contributed by atoms with Gasteiger partial charge in [0.25, 0.3) is 0 Å². The zero-order chi connectivity index (χ0) is 9.72. The number of nitrogens with two attached hydrogens (primary N) is 1. The molecule has 72 valence electrons. The molecule has 12 heavy (non-hydrogen) atoms. The lowest BCUT2D eigenvalue weighted by molar-refractivity contribution is -0.122. The summed E-state index contributed by atoms with van der Waals surface area (Å²) in [6.07, 6.45) is -4.45. The number of carbonyl (C=O) groups excluding carboxylic acids is 1. The Morgan fingerprint density at radius 2 is 1.83 bits per heavy atom. The number of carbonyl (C=O) groups is 1. The fourth-order valence-electron chi connectivity index (χ4n) is 0.658. The van der Waals surface area contributed by atoms with Crippen molar-refractivity contribution in [1.82, 2.24) is 0 Å². The van der Waals surface area contributed by atoms with Crippen LogP contribution >= 0.6 is 0 Å².